The van der Waals surface area contributed by atoms with Crippen molar-refractivity contribution in [3.63, 3.8) is 0 Å². The minimum absolute atomic E-state index is 0.220. The number of nitrogens with one attached hydrogen (secondary N) is 1. The Morgan fingerprint density at radius 3 is 2.40 bits per heavy atom. The molecule has 1 aromatic heterocycles. The van der Waals surface area contributed by atoms with Crippen LogP contribution in [0, 0.1) is 0 Å². The number of nitrogens with zero attached hydrogens (tertiary/aromatic N) is 1. The Bertz CT molecular complexity index is 309. The predicted octanol–water partition coefficient (Wildman–Crippen LogP) is -0.647. The Hall–Kier alpha value is -2.06. The minimum Gasteiger partial charge on any atom is -0.464 e. The third-order valence-electron chi connectivity index (χ3n) is 1.18. The quantitative estimate of drug-likeness (QED) is 0.280. The summed E-state index contributed by atoms with van der Waals surface area (Å²) in [6, 6.07) is 3.15. The van der Waals surface area contributed by atoms with Gasteiger partial charge in [0, 0.05) is 7.05 Å². The number of carboxylic acid groups (broad SMARTS) is 1. The lowest BCUT2D eigenvalue weighted by atomic mass is 10.4. The van der Waals surface area contributed by atoms with E-state index in [0.717, 1.165) is 0 Å². The first-order valence-electron chi connectivity index (χ1n) is 3.74. The molecular formula is C7H12N4O4. The molecule has 0 aliphatic carbocycles. The molecule has 0 spiro atoms. The number of hydrogen-bond acceptors (Lipinski definition) is 5. The van der Waals surface area contributed by atoms with Crippen LogP contribution in [0.5, 0.6) is 0 Å². The predicted molar refractivity (Wildman–Crippen MR) is 50.3 cm³/mol. The van der Waals surface area contributed by atoms with Crippen molar-refractivity contribution < 1.29 is 19.1 Å². The number of rotatable bonds is 1. The fourth-order valence-electron chi connectivity index (χ4n) is 0.479. The van der Waals surface area contributed by atoms with Crippen molar-refractivity contribution in [2.45, 2.75) is 0 Å². The molecule has 84 valence electrons. The highest BCUT2D eigenvalue weighted by Gasteiger charge is 2.03. The third kappa shape index (κ3) is 5.29. The first kappa shape index (κ1) is 12.9. The molecule has 8 heteroatoms. The molecule has 1 aromatic rings. The van der Waals surface area contributed by atoms with Gasteiger partial charge in [0.25, 0.3) is 0 Å². The highest BCUT2D eigenvalue weighted by molar-refractivity contribution is 5.90. The molecule has 1 rings (SSSR count). The number of carbonyl (C=O) groups is 2. The van der Waals surface area contributed by atoms with E-state index in [0.29, 0.717) is 5.01 Å². The smallest absolute Gasteiger partial charge is 0.421 e. The van der Waals surface area contributed by atoms with Gasteiger partial charge in [-0.2, -0.15) is 0 Å². The summed E-state index contributed by atoms with van der Waals surface area (Å²) < 4.78 is 4.69. The normalized spacial score (nSPS) is 8.47. The molecule has 2 amide bonds. The molecule has 0 saturated carbocycles. The first-order valence-corrected chi connectivity index (χ1v) is 3.74. The van der Waals surface area contributed by atoms with Gasteiger partial charge in [-0.3, -0.25) is 10.2 Å². The van der Waals surface area contributed by atoms with Gasteiger partial charge in [0.05, 0.1) is 6.26 Å². The van der Waals surface area contributed by atoms with Gasteiger partial charge in [0.2, 0.25) is 0 Å². The van der Waals surface area contributed by atoms with Crippen LogP contribution in [-0.4, -0.2) is 29.2 Å². The maximum absolute atomic E-state index is 10.5. The van der Waals surface area contributed by atoms with Gasteiger partial charge < -0.3 is 9.52 Å². The number of amides is 2. The summed E-state index contributed by atoms with van der Waals surface area (Å²) in [5, 5.41) is 8.38. The van der Waals surface area contributed by atoms with Gasteiger partial charge in [-0.25, -0.2) is 21.5 Å². The zero-order valence-electron chi connectivity index (χ0n) is 8.01. The highest BCUT2D eigenvalue weighted by Crippen LogP contribution is 1.97. The number of nitrogens with two attached hydrogens (primary N) is 2. The lowest BCUT2D eigenvalue weighted by Gasteiger charge is -1.99. The molecule has 0 radical (unpaired) electrons. The van der Waals surface area contributed by atoms with Gasteiger partial charge in [0.1, 0.15) is 0 Å². The molecule has 0 saturated heterocycles. The van der Waals surface area contributed by atoms with Crippen LogP contribution in [0.15, 0.2) is 22.8 Å². The summed E-state index contributed by atoms with van der Waals surface area (Å²) in [5.74, 6) is 9.28. The van der Waals surface area contributed by atoms with Crippen LogP contribution >= 0.6 is 0 Å². The maximum Gasteiger partial charge on any atom is 0.421 e. The van der Waals surface area contributed by atoms with Crippen molar-refractivity contribution in [2.75, 3.05) is 7.05 Å². The van der Waals surface area contributed by atoms with E-state index in [1.54, 1.807) is 6.07 Å². The Labute approximate surface area is 85.4 Å². The molecule has 8 nitrogen and oxygen atoms in total. The number of carbonyl (C=O) groups excluding carboxylic acids is 1. The van der Waals surface area contributed by atoms with Gasteiger partial charge in [-0.15, -0.1) is 0 Å². The molecule has 0 aliphatic rings. The average Bonchev–Trinajstić information content (AvgIpc) is 2.70. The number of hydrogen-bond donors (Lipinski definition) is 4. The van der Waals surface area contributed by atoms with E-state index in [2.05, 4.69) is 5.84 Å². The van der Waals surface area contributed by atoms with Crippen LogP contribution in [0.4, 0.5) is 4.79 Å². The van der Waals surface area contributed by atoms with Gasteiger partial charge in [-0.05, 0) is 12.1 Å². The van der Waals surface area contributed by atoms with E-state index >= 15 is 0 Å². The van der Waals surface area contributed by atoms with Crippen LogP contribution < -0.4 is 17.1 Å². The second-order valence-electron chi connectivity index (χ2n) is 2.34. The Kier molecular flexibility index (Phi) is 5.52. The highest BCUT2D eigenvalue weighted by atomic mass is 16.4. The molecule has 6 N–H and O–H groups in total. The molecule has 15 heavy (non-hydrogen) atoms. The molecule has 0 aromatic carbocycles. The molecule has 0 atom stereocenters. The van der Waals surface area contributed by atoms with E-state index in [1.165, 1.54) is 19.4 Å². The van der Waals surface area contributed by atoms with E-state index in [9.17, 15) is 9.59 Å². The van der Waals surface area contributed by atoms with E-state index in [1.807, 2.05) is 5.43 Å². The first-order chi connectivity index (χ1) is 6.99. The van der Waals surface area contributed by atoms with E-state index in [4.69, 9.17) is 15.4 Å². The Morgan fingerprint density at radius 1 is 1.60 bits per heavy atom. The second-order valence-corrected chi connectivity index (χ2v) is 2.34. The Balaban J connectivity index is 0.000000288. The zero-order chi connectivity index (χ0) is 11.8. The van der Waals surface area contributed by atoms with Crippen molar-refractivity contribution in [3.8, 4) is 0 Å². The summed E-state index contributed by atoms with van der Waals surface area (Å²) >= 11 is 0. The summed E-state index contributed by atoms with van der Waals surface area (Å²) in [6.45, 7) is 0. The molecular weight excluding hydrogens is 204 g/mol. The SMILES string of the molecule is CN(N)C(=O)O.NNC(=O)c1ccco1. The van der Waals surface area contributed by atoms with Gasteiger partial charge in [-0.1, -0.05) is 0 Å². The van der Waals surface area contributed by atoms with Crippen molar-refractivity contribution in [1.29, 1.82) is 0 Å². The van der Waals surface area contributed by atoms with E-state index in [-0.39, 0.29) is 5.76 Å². The van der Waals surface area contributed by atoms with Crippen molar-refractivity contribution in [1.82, 2.24) is 10.4 Å². The van der Waals surface area contributed by atoms with Gasteiger partial charge in [0.15, 0.2) is 5.76 Å². The van der Waals surface area contributed by atoms with Crippen molar-refractivity contribution in [2.24, 2.45) is 11.7 Å². The largest absolute Gasteiger partial charge is 0.464 e. The summed E-state index contributed by atoms with van der Waals surface area (Å²) in [7, 11) is 1.25. The lowest BCUT2D eigenvalue weighted by Crippen LogP contribution is -2.31. The topological polar surface area (TPSA) is 135 Å². The standard InChI is InChI=1S/C5H6N2O2.C2H6N2O2/c6-7-5(8)4-2-1-3-9-4;1-4(3)2(5)6/h1-3H,6H2,(H,7,8);3H2,1H3,(H,5,6). The molecule has 0 fully saturated rings. The monoisotopic (exact) mass is 216 g/mol. The molecule has 0 bridgehead atoms. The van der Waals surface area contributed by atoms with Crippen LogP contribution in [0.2, 0.25) is 0 Å². The second kappa shape index (κ2) is 6.40. The summed E-state index contributed by atoms with van der Waals surface area (Å²) in [4.78, 5) is 20.0. The third-order valence-corrected chi connectivity index (χ3v) is 1.18. The number of furan rings is 1. The van der Waals surface area contributed by atoms with E-state index < -0.39 is 12.0 Å². The summed E-state index contributed by atoms with van der Waals surface area (Å²) in [6.07, 6.45) is 0.278. The number of nitrogen functional groups attached to an aromatic ring is 1. The summed E-state index contributed by atoms with van der Waals surface area (Å²) in [5.41, 5.74) is 1.93. The van der Waals surface area contributed by atoms with Crippen molar-refractivity contribution in [3.05, 3.63) is 24.2 Å². The molecule has 0 unspecified atom stereocenters. The fourth-order valence-corrected chi connectivity index (χ4v) is 0.479. The van der Waals surface area contributed by atoms with Crippen LogP contribution in [0.3, 0.4) is 0 Å². The molecule has 0 aliphatic heterocycles. The fraction of sp³-hybridized carbons (Fsp3) is 0.143. The maximum atomic E-state index is 10.5. The zero-order valence-corrected chi connectivity index (χ0v) is 8.01. The van der Waals surface area contributed by atoms with Gasteiger partial charge >= 0.3 is 12.0 Å². The average molecular weight is 216 g/mol. The Morgan fingerprint density at radius 2 is 2.13 bits per heavy atom. The van der Waals surface area contributed by atoms with Crippen LogP contribution in [0.25, 0.3) is 0 Å². The number of hydrazine groups is 2. The lowest BCUT2D eigenvalue weighted by molar-refractivity contribution is 0.0926. The van der Waals surface area contributed by atoms with Crippen LogP contribution in [0.1, 0.15) is 10.6 Å². The minimum atomic E-state index is -1.13. The van der Waals surface area contributed by atoms with Crippen LogP contribution in [-0.2, 0) is 0 Å². The van der Waals surface area contributed by atoms with Crippen molar-refractivity contribution >= 4 is 12.0 Å². The molecule has 1 heterocycles.